The monoisotopic (exact) mass is 267 g/mol. The van der Waals surface area contributed by atoms with Crippen LogP contribution in [0.4, 0.5) is 0 Å². The van der Waals surface area contributed by atoms with E-state index in [2.05, 4.69) is 25.7 Å². The molecule has 1 saturated heterocycles. The fraction of sp³-hybridized carbons (Fsp3) is 1.00. The molecule has 0 spiro atoms. The highest BCUT2D eigenvalue weighted by Crippen LogP contribution is 2.27. The van der Waals surface area contributed by atoms with Gasteiger partial charge in [0, 0.05) is 6.04 Å². The smallest absolute Gasteiger partial charge is 0.0121 e. The van der Waals surface area contributed by atoms with Gasteiger partial charge in [-0.1, -0.05) is 65.7 Å². The third kappa shape index (κ3) is 6.79. The highest BCUT2D eigenvalue weighted by atomic mass is 15.2. The Bertz CT molecular complexity index is 200. The fourth-order valence-corrected chi connectivity index (χ4v) is 3.67. The van der Waals surface area contributed by atoms with Crippen molar-refractivity contribution in [3.05, 3.63) is 0 Å². The van der Waals surface area contributed by atoms with Crippen LogP contribution in [0.2, 0.25) is 0 Å². The number of rotatable bonds is 10. The van der Waals surface area contributed by atoms with E-state index in [0.717, 1.165) is 12.0 Å². The number of likely N-dealkylation sites (tertiary alicyclic amines) is 1. The molecule has 2 atom stereocenters. The molecular formula is C18H37N. The lowest BCUT2D eigenvalue weighted by Gasteiger charge is -2.39. The third-order valence-electron chi connectivity index (χ3n) is 4.84. The largest absolute Gasteiger partial charge is 0.300 e. The van der Waals surface area contributed by atoms with Gasteiger partial charge in [0.2, 0.25) is 0 Å². The fourth-order valence-electron chi connectivity index (χ4n) is 3.67. The Hall–Kier alpha value is -0.0400. The Morgan fingerprint density at radius 2 is 1.68 bits per heavy atom. The summed E-state index contributed by atoms with van der Waals surface area (Å²) in [6.45, 7) is 9.81. The Morgan fingerprint density at radius 1 is 0.947 bits per heavy atom. The van der Waals surface area contributed by atoms with E-state index in [-0.39, 0.29) is 0 Å². The van der Waals surface area contributed by atoms with Crippen molar-refractivity contribution >= 4 is 0 Å². The standard InChI is InChI=1S/C18H37N/c1-4-6-7-8-9-10-13-17(3)18-14-11-12-16-19(18)15-5-2/h17-18H,4-16H2,1-3H3. The molecule has 0 aliphatic carbocycles. The van der Waals surface area contributed by atoms with Crippen molar-refractivity contribution in [1.29, 1.82) is 0 Å². The molecule has 0 saturated carbocycles. The van der Waals surface area contributed by atoms with Crippen LogP contribution >= 0.6 is 0 Å². The molecular weight excluding hydrogens is 230 g/mol. The highest BCUT2D eigenvalue weighted by Gasteiger charge is 2.25. The second kappa shape index (κ2) is 10.7. The molecule has 0 aromatic carbocycles. The zero-order valence-corrected chi connectivity index (χ0v) is 13.8. The summed E-state index contributed by atoms with van der Waals surface area (Å²) in [5, 5.41) is 0. The lowest BCUT2D eigenvalue weighted by atomic mass is 9.87. The van der Waals surface area contributed by atoms with E-state index in [0.29, 0.717) is 0 Å². The molecule has 1 heterocycles. The molecule has 0 bridgehead atoms. The Balaban J connectivity index is 2.17. The minimum atomic E-state index is 0.893. The molecule has 1 rings (SSSR count). The Kier molecular flexibility index (Phi) is 9.59. The molecule has 0 aromatic heterocycles. The van der Waals surface area contributed by atoms with E-state index in [1.165, 1.54) is 83.7 Å². The van der Waals surface area contributed by atoms with Gasteiger partial charge in [-0.15, -0.1) is 0 Å². The molecule has 0 amide bonds. The van der Waals surface area contributed by atoms with Crippen LogP contribution in [0, 0.1) is 5.92 Å². The second-order valence-corrected chi connectivity index (χ2v) is 6.63. The van der Waals surface area contributed by atoms with Gasteiger partial charge >= 0.3 is 0 Å². The van der Waals surface area contributed by atoms with Gasteiger partial charge in [0.05, 0.1) is 0 Å². The predicted molar refractivity (Wildman–Crippen MR) is 86.7 cm³/mol. The van der Waals surface area contributed by atoms with E-state index in [1.54, 1.807) is 0 Å². The maximum Gasteiger partial charge on any atom is 0.0121 e. The number of piperidine rings is 1. The van der Waals surface area contributed by atoms with Crippen LogP contribution in [0.5, 0.6) is 0 Å². The number of nitrogens with zero attached hydrogens (tertiary/aromatic N) is 1. The summed E-state index contributed by atoms with van der Waals surface area (Å²) < 4.78 is 0. The second-order valence-electron chi connectivity index (χ2n) is 6.63. The molecule has 2 unspecified atom stereocenters. The normalized spacial score (nSPS) is 22.6. The third-order valence-corrected chi connectivity index (χ3v) is 4.84. The zero-order valence-electron chi connectivity index (χ0n) is 13.8. The van der Waals surface area contributed by atoms with Gasteiger partial charge in [0.15, 0.2) is 0 Å². The number of hydrogen-bond acceptors (Lipinski definition) is 1. The number of unbranched alkanes of at least 4 members (excludes halogenated alkanes) is 5. The molecule has 1 aliphatic rings. The van der Waals surface area contributed by atoms with Crippen LogP contribution in [-0.4, -0.2) is 24.0 Å². The molecule has 1 aliphatic heterocycles. The van der Waals surface area contributed by atoms with Crippen LogP contribution in [-0.2, 0) is 0 Å². The van der Waals surface area contributed by atoms with Crippen LogP contribution < -0.4 is 0 Å². The first-order valence-corrected chi connectivity index (χ1v) is 9.03. The summed E-state index contributed by atoms with van der Waals surface area (Å²) in [6.07, 6.45) is 15.8. The van der Waals surface area contributed by atoms with Crippen molar-refractivity contribution in [2.24, 2.45) is 5.92 Å². The van der Waals surface area contributed by atoms with Gasteiger partial charge in [-0.3, -0.25) is 0 Å². The van der Waals surface area contributed by atoms with Crippen LogP contribution in [0.1, 0.15) is 91.4 Å². The average molecular weight is 268 g/mol. The SMILES string of the molecule is CCCCCCCCC(C)C1CCCCN1CCC. The van der Waals surface area contributed by atoms with Crippen molar-refractivity contribution in [2.45, 2.75) is 97.4 Å². The lowest BCUT2D eigenvalue weighted by Crippen LogP contribution is -2.43. The first-order valence-electron chi connectivity index (χ1n) is 9.03. The molecule has 1 nitrogen and oxygen atoms in total. The van der Waals surface area contributed by atoms with Crippen molar-refractivity contribution in [2.75, 3.05) is 13.1 Å². The Morgan fingerprint density at radius 3 is 2.42 bits per heavy atom. The maximum absolute atomic E-state index is 2.78. The summed E-state index contributed by atoms with van der Waals surface area (Å²) in [7, 11) is 0. The van der Waals surface area contributed by atoms with E-state index in [1.807, 2.05) is 0 Å². The van der Waals surface area contributed by atoms with E-state index < -0.39 is 0 Å². The summed E-state index contributed by atoms with van der Waals surface area (Å²) in [5.41, 5.74) is 0. The van der Waals surface area contributed by atoms with E-state index in [9.17, 15) is 0 Å². The molecule has 19 heavy (non-hydrogen) atoms. The number of hydrogen-bond donors (Lipinski definition) is 0. The summed E-state index contributed by atoms with van der Waals surface area (Å²) >= 11 is 0. The van der Waals surface area contributed by atoms with Crippen LogP contribution in [0.15, 0.2) is 0 Å². The van der Waals surface area contributed by atoms with Crippen LogP contribution in [0.3, 0.4) is 0 Å². The predicted octanol–water partition coefficient (Wildman–Crippen LogP) is 5.64. The van der Waals surface area contributed by atoms with Gasteiger partial charge in [0.1, 0.15) is 0 Å². The minimum Gasteiger partial charge on any atom is -0.300 e. The van der Waals surface area contributed by atoms with Crippen molar-refractivity contribution in [3.63, 3.8) is 0 Å². The van der Waals surface area contributed by atoms with Gasteiger partial charge in [-0.2, -0.15) is 0 Å². The maximum atomic E-state index is 2.78. The highest BCUT2D eigenvalue weighted by molar-refractivity contribution is 4.80. The average Bonchev–Trinajstić information content (AvgIpc) is 2.43. The van der Waals surface area contributed by atoms with E-state index >= 15 is 0 Å². The molecule has 1 heteroatoms. The van der Waals surface area contributed by atoms with Crippen LogP contribution in [0.25, 0.3) is 0 Å². The van der Waals surface area contributed by atoms with Crippen molar-refractivity contribution < 1.29 is 0 Å². The van der Waals surface area contributed by atoms with Gasteiger partial charge in [-0.05, 0) is 44.7 Å². The van der Waals surface area contributed by atoms with Gasteiger partial charge in [-0.25, -0.2) is 0 Å². The van der Waals surface area contributed by atoms with E-state index in [4.69, 9.17) is 0 Å². The van der Waals surface area contributed by atoms with Crippen molar-refractivity contribution in [1.82, 2.24) is 4.90 Å². The molecule has 0 radical (unpaired) electrons. The van der Waals surface area contributed by atoms with Gasteiger partial charge < -0.3 is 4.90 Å². The Labute approximate surface area is 122 Å². The summed E-state index contributed by atoms with van der Waals surface area (Å²) in [4.78, 5) is 2.78. The molecule has 0 aromatic rings. The molecule has 1 fully saturated rings. The zero-order chi connectivity index (χ0) is 13.9. The van der Waals surface area contributed by atoms with Crippen molar-refractivity contribution in [3.8, 4) is 0 Å². The summed E-state index contributed by atoms with van der Waals surface area (Å²) in [5.74, 6) is 0.915. The molecule has 114 valence electrons. The lowest BCUT2D eigenvalue weighted by molar-refractivity contribution is 0.101. The summed E-state index contributed by atoms with van der Waals surface area (Å²) in [6, 6.07) is 0.893. The van der Waals surface area contributed by atoms with Gasteiger partial charge in [0.25, 0.3) is 0 Å². The first kappa shape index (κ1) is 17.0. The molecule has 0 N–H and O–H groups in total. The minimum absolute atomic E-state index is 0.893. The topological polar surface area (TPSA) is 3.24 Å². The first-order chi connectivity index (χ1) is 9.29. The quantitative estimate of drug-likeness (QED) is 0.463.